The molecule has 0 aromatic carbocycles. The molecule has 4 heteroatoms. The molecule has 1 heterocycles. The van der Waals surface area contributed by atoms with Gasteiger partial charge in [-0.3, -0.25) is 16.3 Å². The molecule has 0 saturated carbocycles. The number of nitrogens with zero attached hydrogens (tertiary/aromatic N) is 2. The fourth-order valence-corrected chi connectivity index (χ4v) is 1.46. The van der Waals surface area contributed by atoms with E-state index in [0.29, 0.717) is 6.04 Å². The van der Waals surface area contributed by atoms with Crippen molar-refractivity contribution in [1.82, 2.24) is 15.3 Å². The molecule has 1 rings (SSSR count). The Hall–Kier alpha value is -0.970. The smallest absolute Gasteiger partial charge is 0.0300 e. The first-order valence-corrected chi connectivity index (χ1v) is 5.22. The second-order valence-electron chi connectivity index (χ2n) is 4.02. The molecule has 0 aliphatic carbocycles. The fraction of sp³-hybridized carbons (Fsp3) is 0.545. The maximum absolute atomic E-state index is 5.52. The molecule has 1 atom stereocenters. The Morgan fingerprint density at radius 2 is 2.33 bits per heavy atom. The van der Waals surface area contributed by atoms with Crippen molar-refractivity contribution in [2.75, 3.05) is 20.6 Å². The van der Waals surface area contributed by atoms with Gasteiger partial charge < -0.3 is 4.90 Å². The SMILES string of the molecule is CN(C)CCC(Cc1cccnc1)NN. The van der Waals surface area contributed by atoms with Gasteiger partial charge in [0.2, 0.25) is 0 Å². The van der Waals surface area contributed by atoms with Gasteiger partial charge in [0.25, 0.3) is 0 Å². The highest BCUT2D eigenvalue weighted by atomic mass is 15.2. The van der Waals surface area contributed by atoms with Crippen molar-refractivity contribution >= 4 is 0 Å². The molecule has 1 aromatic rings. The Morgan fingerprint density at radius 3 is 2.87 bits per heavy atom. The Morgan fingerprint density at radius 1 is 1.53 bits per heavy atom. The Kier molecular flexibility index (Phi) is 5.25. The van der Waals surface area contributed by atoms with Crippen LogP contribution in [0.2, 0.25) is 0 Å². The summed E-state index contributed by atoms with van der Waals surface area (Å²) in [5.41, 5.74) is 4.07. The van der Waals surface area contributed by atoms with Crippen LogP contribution in [0.15, 0.2) is 24.5 Å². The number of rotatable bonds is 6. The minimum atomic E-state index is 0.316. The second kappa shape index (κ2) is 6.50. The van der Waals surface area contributed by atoms with Crippen LogP contribution >= 0.6 is 0 Å². The van der Waals surface area contributed by atoms with Crippen LogP contribution in [0.3, 0.4) is 0 Å². The average molecular weight is 208 g/mol. The van der Waals surface area contributed by atoms with E-state index in [1.165, 1.54) is 5.56 Å². The van der Waals surface area contributed by atoms with Gasteiger partial charge in [-0.05, 0) is 45.1 Å². The monoisotopic (exact) mass is 208 g/mol. The van der Waals surface area contributed by atoms with Gasteiger partial charge in [-0.25, -0.2) is 0 Å². The molecular formula is C11H20N4. The molecule has 0 spiro atoms. The van der Waals surface area contributed by atoms with E-state index in [9.17, 15) is 0 Å². The Balaban J connectivity index is 2.40. The van der Waals surface area contributed by atoms with Crippen LogP contribution in [0.1, 0.15) is 12.0 Å². The lowest BCUT2D eigenvalue weighted by Gasteiger charge is -2.18. The first-order valence-electron chi connectivity index (χ1n) is 5.22. The van der Waals surface area contributed by atoms with Crippen LogP contribution < -0.4 is 11.3 Å². The largest absolute Gasteiger partial charge is 0.309 e. The summed E-state index contributed by atoms with van der Waals surface area (Å²) in [6.45, 7) is 1.04. The molecule has 0 fully saturated rings. The molecule has 3 N–H and O–H groups in total. The van der Waals surface area contributed by atoms with Crippen molar-refractivity contribution in [2.45, 2.75) is 18.9 Å². The van der Waals surface area contributed by atoms with E-state index in [1.54, 1.807) is 6.20 Å². The first-order chi connectivity index (χ1) is 7.22. The molecule has 0 amide bonds. The summed E-state index contributed by atoms with van der Waals surface area (Å²) in [7, 11) is 4.13. The van der Waals surface area contributed by atoms with E-state index >= 15 is 0 Å². The summed E-state index contributed by atoms with van der Waals surface area (Å²) in [6, 6.07) is 4.35. The molecule has 1 aromatic heterocycles. The molecular weight excluding hydrogens is 188 g/mol. The third kappa shape index (κ3) is 4.88. The summed E-state index contributed by atoms with van der Waals surface area (Å²) < 4.78 is 0. The standard InChI is InChI=1S/C11H20N4/c1-15(2)7-5-11(14-12)8-10-4-3-6-13-9-10/h3-4,6,9,11,14H,5,7-8,12H2,1-2H3. The molecule has 15 heavy (non-hydrogen) atoms. The molecule has 84 valence electrons. The molecule has 0 radical (unpaired) electrons. The highest BCUT2D eigenvalue weighted by Gasteiger charge is 2.07. The van der Waals surface area contributed by atoms with E-state index in [2.05, 4.69) is 35.5 Å². The zero-order valence-corrected chi connectivity index (χ0v) is 9.48. The number of pyridine rings is 1. The number of nitrogens with one attached hydrogen (secondary N) is 1. The van der Waals surface area contributed by atoms with Crippen molar-refractivity contribution in [3.05, 3.63) is 30.1 Å². The number of aromatic nitrogens is 1. The predicted molar refractivity (Wildman–Crippen MR) is 62.2 cm³/mol. The quantitative estimate of drug-likeness (QED) is 0.525. The highest BCUT2D eigenvalue weighted by Crippen LogP contribution is 2.03. The normalized spacial score (nSPS) is 13.1. The summed E-state index contributed by atoms with van der Waals surface area (Å²) in [4.78, 5) is 6.25. The highest BCUT2D eigenvalue weighted by molar-refractivity contribution is 5.10. The lowest BCUT2D eigenvalue weighted by Crippen LogP contribution is -2.38. The molecule has 0 saturated heterocycles. The van der Waals surface area contributed by atoms with Crippen molar-refractivity contribution < 1.29 is 0 Å². The number of hydrogen-bond donors (Lipinski definition) is 2. The van der Waals surface area contributed by atoms with Crippen LogP contribution in [0, 0.1) is 0 Å². The molecule has 4 nitrogen and oxygen atoms in total. The Labute approximate surface area is 91.5 Å². The number of nitrogens with two attached hydrogens (primary N) is 1. The molecule has 0 aliphatic heterocycles. The minimum absolute atomic E-state index is 0.316. The van der Waals surface area contributed by atoms with Gasteiger partial charge in [0.1, 0.15) is 0 Å². The molecule has 1 unspecified atom stereocenters. The molecule has 0 bridgehead atoms. The molecule has 0 aliphatic rings. The van der Waals surface area contributed by atoms with Crippen molar-refractivity contribution in [3.8, 4) is 0 Å². The number of hydrazine groups is 1. The van der Waals surface area contributed by atoms with Crippen LogP contribution in [0.5, 0.6) is 0 Å². The van der Waals surface area contributed by atoms with Gasteiger partial charge in [0, 0.05) is 18.4 Å². The summed E-state index contributed by atoms with van der Waals surface area (Å²) in [6.07, 6.45) is 5.64. The van der Waals surface area contributed by atoms with Gasteiger partial charge in [-0.1, -0.05) is 6.07 Å². The zero-order valence-electron chi connectivity index (χ0n) is 9.48. The predicted octanol–water partition coefficient (Wildman–Crippen LogP) is 0.408. The fourth-order valence-electron chi connectivity index (χ4n) is 1.46. The van der Waals surface area contributed by atoms with Crippen molar-refractivity contribution in [1.29, 1.82) is 0 Å². The van der Waals surface area contributed by atoms with E-state index < -0.39 is 0 Å². The summed E-state index contributed by atoms with van der Waals surface area (Å²) in [5, 5.41) is 0. The van der Waals surface area contributed by atoms with Crippen LogP contribution in [0.25, 0.3) is 0 Å². The Bertz CT molecular complexity index is 261. The zero-order chi connectivity index (χ0) is 11.1. The van der Waals surface area contributed by atoms with Crippen LogP contribution in [-0.2, 0) is 6.42 Å². The maximum atomic E-state index is 5.52. The van der Waals surface area contributed by atoms with Gasteiger partial charge in [-0.15, -0.1) is 0 Å². The maximum Gasteiger partial charge on any atom is 0.0300 e. The van der Waals surface area contributed by atoms with E-state index in [-0.39, 0.29) is 0 Å². The topological polar surface area (TPSA) is 54.2 Å². The minimum Gasteiger partial charge on any atom is -0.309 e. The lowest BCUT2D eigenvalue weighted by molar-refractivity contribution is 0.358. The first kappa shape index (κ1) is 12.1. The van der Waals surface area contributed by atoms with Gasteiger partial charge in [-0.2, -0.15) is 0 Å². The number of hydrogen-bond acceptors (Lipinski definition) is 4. The van der Waals surface area contributed by atoms with Crippen molar-refractivity contribution in [2.24, 2.45) is 5.84 Å². The van der Waals surface area contributed by atoms with Gasteiger partial charge in [0.05, 0.1) is 0 Å². The average Bonchev–Trinajstić information content (AvgIpc) is 2.25. The summed E-state index contributed by atoms with van der Waals surface area (Å²) in [5.74, 6) is 5.52. The van der Waals surface area contributed by atoms with E-state index in [4.69, 9.17) is 5.84 Å². The van der Waals surface area contributed by atoms with E-state index in [0.717, 1.165) is 19.4 Å². The lowest BCUT2D eigenvalue weighted by atomic mass is 10.1. The summed E-state index contributed by atoms with van der Waals surface area (Å²) >= 11 is 0. The van der Waals surface area contributed by atoms with E-state index in [1.807, 2.05) is 12.3 Å². The third-order valence-corrected chi connectivity index (χ3v) is 2.37. The third-order valence-electron chi connectivity index (χ3n) is 2.37. The van der Waals surface area contributed by atoms with Crippen molar-refractivity contribution in [3.63, 3.8) is 0 Å². The van der Waals surface area contributed by atoms with Crippen LogP contribution in [-0.4, -0.2) is 36.6 Å². The van der Waals surface area contributed by atoms with Crippen LogP contribution in [0.4, 0.5) is 0 Å². The van der Waals surface area contributed by atoms with Gasteiger partial charge in [0.15, 0.2) is 0 Å². The van der Waals surface area contributed by atoms with Gasteiger partial charge >= 0.3 is 0 Å². The second-order valence-corrected chi connectivity index (χ2v) is 4.02.